The molecule has 7 heteroatoms. The van der Waals surface area contributed by atoms with Crippen LogP contribution in [0.5, 0.6) is 5.75 Å². The molecule has 0 saturated heterocycles. The van der Waals surface area contributed by atoms with E-state index in [-0.39, 0.29) is 12.5 Å². The summed E-state index contributed by atoms with van der Waals surface area (Å²) in [5.41, 5.74) is 1.03. The quantitative estimate of drug-likeness (QED) is 0.918. The Labute approximate surface area is 142 Å². The summed E-state index contributed by atoms with van der Waals surface area (Å²) in [4.78, 5) is 27.3. The average molecular weight is 335 g/mol. The maximum atomic E-state index is 12.1. The SMILES string of the molecule is CN(CC(=O)Nc1ccc2c(c1)OCCN2C)C(=O)OC(C)(C)C. The molecule has 0 aromatic heterocycles. The van der Waals surface area contributed by atoms with Crippen LogP contribution in [0.25, 0.3) is 0 Å². The van der Waals surface area contributed by atoms with Crippen LogP contribution in [-0.2, 0) is 9.53 Å². The van der Waals surface area contributed by atoms with Crippen LogP contribution in [-0.4, -0.2) is 56.3 Å². The van der Waals surface area contributed by atoms with Crippen molar-refractivity contribution in [3.63, 3.8) is 0 Å². The van der Waals surface area contributed by atoms with E-state index in [1.807, 2.05) is 19.2 Å². The third-order valence-electron chi connectivity index (χ3n) is 3.43. The third kappa shape index (κ3) is 4.78. The molecule has 0 unspecified atom stereocenters. The van der Waals surface area contributed by atoms with E-state index in [1.54, 1.807) is 26.8 Å². The maximum Gasteiger partial charge on any atom is 0.410 e. The van der Waals surface area contributed by atoms with Crippen molar-refractivity contribution in [1.82, 2.24) is 4.90 Å². The fourth-order valence-corrected chi connectivity index (χ4v) is 2.26. The molecular formula is C17H25N3O4. The van der Waals surface area contributed by atoms with Crippen LogP contribution in [0.4, 0.5) is 16.2 Å². The number of ether oxygens (including phenoxy) is 2. The molecule has 0 fully saturated rings. The molecular weight excluding hydrogens is 310 g/mol. The Morgan fingerprint density at radius 2 is 2.08 bits per heavy atom. The summed E-state index contributed by atoms with van der Waals surface area (Å²) in [7, 11) is 3.52. The van der Waals surface area contributed by atoms with Crippen LogP contribution in [0.15, 0.2) is 18.2 Å². The van der Waals surface area contributed by atoms with Crippen molar-refractivity contribution in [3.8, 4) is 5.75 Å². The first-order chi connectivity index (χ1) is 11.2. The van der Waals surface area contributed by atoms with Crippen LogP contribution in [0.3, 0.4) is 0 Å². The number of carbonyl (C=O) groups excluding carboxylic acids is 2. The van der Waals surface area contributed by atoms with Gasteiger partial charge in [-0.25, -0.2) is 4.79 Å². The highest BCUT2D eigenvalue weighted by atomic mass is 16.6. The molecule has 0 aliphatic carbocycles. The molecule has 1 aromatic carbocycles. The van der Waals surface area contributed by atoms with E-state index >= 15 is 0 Å². The topological polar surface area (TPSA) is 71.1 Å². The largest absolute Gasteiger partial charge is 0.489 e. The summed E-state index contributed by atoms with van der Waals surface area (Å²) in [5.74, 6) is 0.439. The fraction of sp³-hybridized carbons (Fsp3) is 0.529. The highest BCUT2D eigenvalue weighted by Crippen LogP contribution is 2.33. The van der Waals surface area contributed by atoms with Gasteiger partial charge in [0.1, 0.15) is 24.5 Å². The molecule has 0 radical (unpaired) electrons. The minimum absolute atomic E-state index is 0.0905. The molecule has 1 heterocycles. The van der Waals surface area contributed by atoms with Gasteiger partial charge in [0.25, 0.3) is 0 Å². The molecule has 24 heavy (non-hydrogen) atoms. The highest BCUT2D eigenvalue weighted by Gasteiger charge is 2.21. The van der Waals surface area contributed by atoms with Gasteiger partial charge in [0, 0.05) is 25.8 Å². The molecule has 0 bridgehead atoms. The lowest BCUT2D eigenvalue weighted by atomic mass is 10.2. The number of benzene rings is 1. The van der Waals surface area contributed by atoms with E-state index in [9.17, 15) is 9.59 Å². The molecule has 1 aromatic rings. The normalized spacial score (nSPS) is 13.6. The van der Waals surface area contributed by atoms with Crippen molar-refractivity contribution in [2.75, 3.05) is 44.0 Å². The number of fused-ring (bicyclic) bond motifs is 1. The number of hydrogen-bond donors (Lipinski definition) is 1. The summed E-state index contributed by atoms with van der Waals surface area (Å²) in [6, 6.07) is 5.51. The zero-order valence-electron chi connectivity index (χ0n) is 14.9. The summed E-state index contributed by atoms with van der Waals surface area (Å²) in [5, 5.41) is 2.77. The molecule has 0 atom stereocenters. The minimum Gasteiger partial charge on any atom is -0.489 e. The van der Waals surface area contributed by atoms with E-state index < -0.39 is 11.7 Å². The van der Waals surface area contributed by atoms with Crippen molar-refractivity contribution in [2.24, 2.45) is 0 Å². The van der Waals surface area contributed by atoms with Gasteiger partial charge >= 0.3 is 6.09 Å². The zero-order valence-corrected chi connectivity index (χ0v) is 14.9. The van der Waals surface area contributed by atoms with Crippen molar-refractivity contribution in [3.05, 3.63) is 18.2 Å². The number of likely N-dealkylation sites (N-methyl/N-ethyl adjacent to an activating group) is 2. The predicted molar refractivity (Wildman–Crippen MR) is 92.7 cm³/mol. The Kier molecular flexibility index (Phi) is 5.21. The predicted octanol–water partition coefficient (Wildman–Crippen LogP) is 2.32. The van der Waals surface area contributed by atoms with Gasteiger partial charge in [0.15, 0.2) is 0 Å². The first-order valence-corrected chi connectivity index (χ1v) is 7.87. The van der Waals surface area contributed by atoms with Crippen LogP contribution in [0.1, 0.15) is 20.8 Å². The summed E-state index contributed by atoms with van der Waals surface area (Å²) < 4.78 is 10.8. The highest BCUT2D eigenvalue weighted by molar-refractivity contribution is 5.94. The Balaban J connectivity index is 1.94. The number of carbonyl (C=O) groups is 2. The van der Waals surface area contributed by atoms with Gasteiger partial charge in [-0.05, 0) is 32.9 Å². The lowest BCUT2D eigenvalue weighted by molar-refractivity contribution is -0.117. The van der Waals surface area contributed by atoms with Crippen LogP contribution >= 0.6 is 0 Å². The van der Waals surface area contributed by atoms with Gasteiger partial charge < -0.3 is 24.6 Å². The zero-order chi connectivity index (χ0) is 17.9. The molecule has 1 aliphatic heterocycles. The van der Waals surface area contributed by atoms with Gasteiger partial charge in [-0.1, -0.05) is 0 Å². The summed E-state index contributed by atoms with van der Waals surface area (Å²) in [6.07, 6.45) is -0.534. The van der Waals surface area contributed by atoms with Crippen molar-refractivity contribution < 1.29 is 19.1 Å². The number of hydrogen-bond acceptors (Lipinski definition) is 5. The van der Waals surface area contributed by atoms with Gasteiger partial charge in [0.05, 0.1) is 12.2 Å². The number of nitrogens with zero attached hydrogens (tertiary/aromatic N) is 2. The van der Waals surface area contributed by atoms with Gasteiger partial charge in [-0.2, -0.15) is 0 Å². The van der Waals surface area contributed by atoms with Crippen molar-refractivity contribution in [2.45, 2.75) is 26.4 Å². The molecule has 1 aliphatic rings. The van der Waals surface area contributed by atoms with Crippen molar-refractivity contribution >= 4 is 23.4 Å². The smallest absolute Gasteiger partial charge is 0.410 e. The molecule has 7 nitrogen and oxygen atoms in total. The van der Waals surface area contributed by atoms with Crippen LogP contribution in [0.2, 0.25) is 0 Å². The standard InChI is InChI=1S/C17H25N3O4/c1-17(2,3)24-16(22)20(5)11-15(21)18-12-6-7-13-14(10-12)23-9-8-19(13)4/h6-7,10H,8-9,11H2,1-5H3,(H,18,21). The van der Waals surface area contributed by atoms with Gasteiger partial charge in [-0.15, -0.1) is 0 Å². The Bertz CT molecular complexity index is 625. The second-order valence-corrected chi connectivity index (χ2v) is 6.84. The van der Waals surface area contributed by atoms with Gasteiger partial charge in [-0.3, -0.25) is 4.79 Å². The van der Waals surface area contributed by atoms with Crippen molar-refractivity contribution in [1.29, 1.82) is 0 Å². The second-order valence-electron chi connectivity index (χ2n) is 6.84. The van der Waals surface area contributed by atoms with E-state index in [4.69, 9.17) is 9.47 Å². The van der Waals surface area contributed by atoms with E-state index in [0.29, 0.717) is 12.3 Å². The van der Waals surface area contributed by atoms with Gasteiger partial charge in [0.2, 0.25) is 5.91 Å². The fourth-order valence-electron chi connectivity index (χ4n) is 2.26. The van der Waals surface area contributed by atoms with Crippen LogP contribution in [0, 0.1) is 0 Å². The molecule has 0 saturated carbocycles. The Morgan fingerprint density at radius 1 is 1.38 bits per heavy atom. The molecule has 1 N–H and O–H groups in total. The molecule has 2 rings (SSSR count). The first-order valence-electron chi connectivity index (χ1n) is 7.87. The molecule has 132 valence electrons. The number of rotatable bonds is 3. The number of nitrogens with one attached hydrogen (secondary N) is 1. The molecule has 0 spiro atoms. The maximum absolute atomic E-state index is 12.1. The Morgan fingerprint density at radius 3 is 2.75 bits per heavy atom. The average Bonchev–Trinajstić information content (AvgIpc) is 2.45. The summed E-state index contributed by atoms with van der Waals surface area (Å²) >= 11 is 0. The second kappa shape index (κ2) is 6.98. The number of anilines is 2. The Hall–Kier alpha value is -2.44. The number of amides is 2. The van der Waals surface area contributed by atoms with Crippen LogP contribution < -0.4 is 15.0 Å². The lowest BCUT2D eigenvalue weighted by Crippen LogP contribution is -2.38. The minimum atomic E-state index is -0.594. The summed E-state index contributed by atoms with van der Waals surface area (Å²) in [6.45, 7) is 6.70. The molecule has 2 amide bonds. The van der Waals surface area contributed by atoms with E-state index in [2.05, 4.69) is 10.2 Å². The van der Waals surface area contributed by atoms with E-state index in [1.165, 1.54) is 11.9 Å². The lowest BCUT2D eigenvalue weighted by Gasteiger charge is -2.28. The van der Waals surface area contributed by atoms with E-state index in [0.717, 1.165) is 18.0 Å². The third-order valence-corrected chi connectivity index (χ3v) is 3.43. The monoisotopic (exact) mass is 335 g/mol. The first kappa shape index (κ1) is 17.9.